The molecule has 1 aromatic rings. The Balaban J connectivity index is 2.22. The molecule has 2 rings (SSSR count). The van der Waals surface area contributed by atoms with Crippen LogP contribution < -0.4 is 5.32 Å². The molecule has 102 valence electrons. The first-order valence-electron chi connectivity index (χ1n) is 6.58. The zero-order valence-corrected chi connectivity index (χ0v) is 11.3. The van der Waals surface area contributed by atoms with Gasteiger partial charge in [0.05, 0.1) is 0 Å². The molecule has 1 aliphatic rings. The third-order valence-electron chi connectivity index (χ3n) is 3.85. The number of amides is 1. The Bertz CT molecular complexity index is 516. The number of nitrogens with one attached hydrogen (secondary N) is 1. The largest absolute Gasteiger partial charge is 0.480 e. The molecule has 19 heavy (non-hydrogen) atoms. The van der Waals surface area contributed by atoms with Crippen LogP contribution in [0.3, 0.4) is 0 Å². The molecule has 0 atom stereocenters. The number of benzene rings is 1. The maximum Gasteiger partial charge on any atom is 0.329 e. The molecule has 4 heteroatoms. The number of carboxylic acids is 1. The molecule has 4 nitrogen and oxygen atoms in total. The summed E-state index contributed by atoms with van der Waals surface area (Å²) in [6, 6.07) is 5.55. The summed E-state index contributed by atoms with van der Waals surface area (Å²) in [4.78, 5) is 23.7. The van der Waals surface area contributed by atoms with Crippen LogP contribution in [0.4, 0.5) is 0 Å². The highest BCUT2D eigenvalue weighted by molar-refractivity contribution is 5.99. The van der Waals surface area contributed by atoms with Gasteiger partial charge in [0.1, 0.15) is 5.54 Å². The number of carboxylic acid groups (broad SMARTS) is 1. The first kappa shape index (κ1) is 13.6. The van der Waals surface area contributed by atoms with Crippen LogP contribution in [0.2, 0.25) is 0 Å². The monoisotopic (exact) mass is 261 g/mol. The van der Waals surface area contributed by atoms with Gasteiger partial charge in [0.15, 0.2) is 0 Å². The SMILES string of the molecule is Cc1ccc(C(=O)NC2(C(=O)O)CCCC2)c(C)c1. The Morgan fingerprint density at radius 1 is 1.21 bits per heavy atom. The summed E-state index contributed by atoms with van der Waals surface area (Å²) in [6.07, 6.45) is 2.72. The molecule has 0 spiro atoms. The van der Waals surface area contributed by atoms with E-state index >= 15 is 0 Å². The van der Waals surface area contributed by atoms with E-state index in [4.69, 9.17) is 0 Å². The van der Waals surface area contributed by atoms with E-state index in [-0.39, 0.29) is 5.91 Å². The van der Waals surface area contributed by atoms with Gasteiger partial charge < -0.3 is 10.4 Å². The average Bonchev–Trinajstić information content (AvgIpc) is 2.78. The Kier molecular flexibility index (Phi) is 3.60. The minimum atomic E-state index is -1.07. The van der Waals surface area contributed by atoms with Crippen LogP contribution in [0.1, 0.15) is 47.2 Å². The van der Waals surface area contributed by atoms with Gasteiger partial charge in [0.25, 0.3) is 5.91 Å². The van der Waals surface area contributed by atoms with Gasteiger partial charge in [0.2, 0.25) is 0 Å². The quantitative estimate of drug-likeness (QED) is 0.878. The molecule has 0 heterocycles. The number of hydrogen-bond acceptors (Lipinski definition) is 2. The molecule has 1 fully saturated rings. The van der Waals surface area contributed by atoms with Crippen molar-refractivity contribution in [3.05, 3.63) is 34.9 Å². The van der Waals surface area contributed by atoms with Crippen molar-refractivity contribution in [2.45, 2.75) is 45.1 Å². The van der Waals surface area contributed by atoms with E-state index in [1.54, 1.807) is 6.07 Å². The van der Waals surface area contributed by atoms with Crippen molar-refractivity contribution in [2.75, 3.05) is 0 Å². The summed E-state index contributed by atoms with van der Waals surface area (Å²) in [5.41, 5.74) is 1.44. The van der Waals surface area contributed by atoms with Crippen LogP contribution in [-0.4, -0.2) is 22.5 Å². The lowest BCUT2D eigenvalue weighted by Crippen LogP contribution is -2.52. The lowest BCUT2D eigenvalue weighted by atomic mass is 9.96. The third kappa shape index (κ3) is 2.62. The van der Waals surface area contributed by atoms with Gasteiger partial charge in [-0.15, -0.1) is 0 Å². The number of aliphatic carboxylic acids is 1. The fraction of sp³-hybridized carbons (Fsp3) is 0.467. The van der Waals surface area contributed by atoms with Gasteiger partial charge in [-0.05, 0) is 38.3 Å². The summed E-state index contributed by atoms with van der Waals surface area (Å²) in [5, 5.41) is 12.1. The highest BCUT2D eigenvalue weighted by atomic mass is 16.4. The predicted octanol–water partition coefficient (Wildman–Crippen LogP) is 2.43. The van der Waals surface area contributed by atoms with Crippen molar-refractivity contribution < 1.29 is 14.7 Å². The third-order valence-corrected chi connectivity index (χ3v) is 3.85. The molecule has 0 saturated heterocycles. The molecule has 1 aliphatic carbocycles. The number of aryl methyl sites for hydroxylation is 2. The van der Waals surface area contributed by atoms with E-state index in [0.29, 0.717) is 18.4 Å². The maximum absolute atomic E-state index is 12.3. The normalized spacial score (nSPS) is 17.2. The van der Waals surface area contributed by atoms with Gasteiger partial charge in [-0.2, -0.15) is 0 Å². The average molecular weight is 261 g/mol. The van der Waals surface area contributed by atoms with Crippen LogP contribution in [0.25, 0.3) is 0 Å². The molecule has 0 aromatic heterocycles. The van der Waals surface area contributed by atoms with Crippen LogP contribution in [0.15, 0.2) is 18.2 Å². The summed E-state index contributed by atoms with van der Waals surface area (Å²) in [6.45, 7) is 3.83. The molecule has 1 saturated carbocycles. The van der Waals surface area contributed by atoms with Crippen molar-refractivity contribution in [3.63, 3.8) is 0 Å². The fourth-order valence-electron chi connectivity index (χ4n) is 2.72. The number of hydrogen-bond donors (Lipinski definition) is 2. The molecule has 0 aliphatic heterocycles. The van der Waals surface area contributed by atoms with E-state index in [9.17, 15) is 14.7 Å². The van der Waals surface area contributed by atoms with Gasteiger partial charge in [-0.3, -0.25) is 4.79 Å². The Labute approximate surface area is 112 Å². The molecular weight excluding hydrogens is 242 g/mol. The topological polar surface area (TPSA) is 66.4 Å². The zero-order chi connectivity index (χ0) is 14.0. The highest BCUT2D eigenvalue weighted by Gasteiger charge is 2.42. The smallest absolute Gasteiger partial charge is 0.329 e. The Morgan fingerprint density at radius 2 is 1.84 bits per heavy atom. The number of carbonyl (C=O) groups excluding carboxylic acids is 1. The molecule has 1 amide bonds. The lowest BCUT2D eigenvalue weighted by Gasteiger charge is -2.25. The summed E-state index contributed by atoms with van der Waals surface area (Å²) in [7, 11) is 0. The molecule has 2 N–H and O–H groups in total. The van der Waals surface area contributed by atoms with Crippen LogP contribution in [0, 0.1) is 13.8 Å². The predicted molar refractivity (Wildman–Crippen MR) is 72.2 cm³/mol. The maximum atomic E-state index is 12.3. The van der Waals surface area contributed by atoms with Crippen LogP contribution in [-0.2, 0) is 4.79 Å². The van der Waals surface area contributed by atoms with Gasteiger partial charge in [-0.1, -0.05) is 30.5 Å². The Morgan fingerprint density at radius 3 is 2.37 bits per heavy atom. The van der Waals surface area contributed by atoms with Gasteiger partial charge in [-0.25, -0.2) is 4.79 Å². The zero-order valence-electron chi connectivity index (χ0n) is 11.3. The van der Waals surface area contributed by atoms with Crippen molar-refractivity contribution in [3.8, 4) is 0 Å². The Hall–Kier alpha value is -1.84. The molecule has 0 bridgehead atoms. The summed E-state index contributed by atoms with van der Waals surface area (Å²) >= 11 is 0. The van der Waals surface area contributed by atoms with E-state index in [0.717, 1.165) is 24.0 Å². The first-order chi connectivity index (χ1) is 8.94. The number of carbonyl (C=O) groups is 2. The second kappa shape index (κ2) is 5.03. The van der Waals surface area contributed by atoms with Crippen LogP contribution in [0.5, 0.6) is 0 Å². The first-order valence-corrected chi connectivity index (χ1v) is 6.58. The lowest BCUT2D eigenvalue weighted by molar-refractivity contribution is -0.144. The molecule has 0 radical (unpaired) electrons. The minimum Gasteiger partial charge on any atom is -0.480 e. The van der Waals surface area contributed by atoms with Gasteiger partial charge in [0, 0.05) is 5.56 Å². The van der Waals surface area contributed by atoms with Crippen molar-refractivity contribution >= 4 is 11.9 Å². The molecule has 1 aromatic carbocycles. The second-order valence-corrected chi connectivity index (χ2v) is 5.37. The second-order valence-electron chi connectivity index (χ2n) is 5.37. The standard InChI is InChI=1S/C15H19NO3/c1-10-5-6-12(11(2)9-10)13(17)16-15(14(18)19)7-3-4-8-15/h5-6,9H,3-4,7-8H2,1-2H3,(H,16,17)(H,18,19). The van der Waals surface area contributed by atoms with Gasteiger partial charge >= 0.3 is 5.97 Å². The van der Waals surface area contributed by atoms with E-state index in [1.807, 2.05) is 26.0 Å². The summed E-state index contributed by atoms with van der Waals surface area (Å²) in [5.74, 6) is -1.22. The van der Waals surface area contributed by atoms with E-state index in [2.05, 4.69) is 5.32 Å². The minimum absolute atomic E-state index is 0.290. The van der Waals surface area contributed by atoms with Crippen LogP contribution >= 0.6 is 0 Å². The van der Waals surface area contributed by atoms with Crippen molar-refractivity contribution in [1.82, 2.24) is 5.32 Å². The molecule has 0 unspecified atom stereocenters. The van der Waals surface area contributed by atoms with Crippen molar-refractivity contribution in [2.24, 2.45) is 0 Å². The summed E-state index contributed by atoms with van der Waals surface area (Å²) < 4.78 is 0. The molecular formula is C15H19NO3. The fourth-order valence-corrected chi connectivity index (χ4v) is 2.72. The van der Waals surface area contributed by atoms with E-state index < -0.39 is 11.5 Å². The number of rotatable bonds is 3. The highest BCUT2D eigenvalue weighted by Crippen LogP contribution is 2.30. The van der Waals surface area contributed by atoms with Crippen molar-refractivity contribution in [1.29, 1.82) is 0 Å². The van der Waals surface area contributed by atoms with E-state index in [1.165, 1.54) is 0 Å².